The lowest BCUT2D eigenvalue weighted by Gasteiger charge is -2.19. The molecule has 23 heavy (non-hydrogen) atoms. The van der Waals surface area contributed by atoms with E-state index in [9.17, 15) is 9.59 Å². The van der Waals surface area contributed by atoms with Crippen LogP contribution in [0.15, 0.2) is 48.5 Å². The quantitative estimate of drug-likeness (QED) is 0.866. The molecule has 0 aliphatic carbocycles. The Labute approximate surface area is 139 Å². The van der Waals surface area contributed by atoms with Gasteiger partial charge < -0.3 is 15.0 Å². The number of carbonyl (C=O) groups is 2. The number of benzene rings is 2. The molecule has 0 heterocycles. The summed E-state index contributed by atoms with van der Waals surface area (Å²) in [7, 11) is 2.97. The van der Waals surface area contributed by atoms with Crippen LogP contribution in [0, 0.1) is 0 Å². The number of nitrogens with one attached hydrogen (secondary N) is 1. The van der Waals surface area contributed by atoms with Gasteiger partial charge in [0, 0.05) is 18.6 Å². The van der Waals surface area contributed by atoms with E-state index in [4.69, 9.17) is 16.3 Å². The Morgan fingerprint density at radius 2 is 1.78 bits per heavy atom. The molecule has 2 rings (SSSR count). The van der Waals surface area contributed by atoms with Gasteiger partial charge in [-0.1, -0.05) is 35.9 Å². The number of esters is 1. The van der Waals surface area contributed by atoms with Crippen LogP contribution in [0.2, 0.25) is 5.02 Å². The van der Waals surface area contributed by atoms with E-state index in [2.05, 4.69) is 5.32 Å². The third kappa shape index (κ3) is 4.47. The second-order valence-electron chi connectivity index (χ2n) is 4.95. The maximum atomic E-state index is 12.3. The van der Waals surface area contributed by atoms with Crippen LogP contribution in [-0.4, -0.2) is 31.1 Å². The number of nitrogens with zero attached hydrogens (tertiary/aromatic N) is 1. The fourth-order valence-corrected chi connectivity index (χ4v) is 2.15. The number of halogens is 1. The van der Waals surface area contributed by atoms with E-state index in [-0.39, 0.29) is 6.03 Å². The van der Waals surface area contributed by atoms with Crippen molar-refractivity contribution in [3.8, 4) is 0 Å². The molecular weight excluding hydrogens is 316 g/mol. The van der Waals surface area contributed by atoms with Crippen LogP contribution in [0.4, 0.5) is 10.5 Å². The molecule has 0 aliphatic rings. The molecule has 0 saturated carbocycles. The number of para-hydroxylation sites is 1. The Hall–Kier alpha value is -2.53. The van der Waals surface area contributed by atoms with E-state index >= 15 is 0 Å². The highest BCUT2D eigenvalue weighted by atomic mass is 35.5. The standard InChI is InChI=1S/C17H17ClN2O3/c1-20(11-12-7-9-13(18)10-8-12)17(22)19-15-6-4-3-5-14(15)16(21)23-2/h3-10H,11H2,1-2H3,(H,19,22). The molecule has 2 aromatic carbocycles. The summed E-state index contributed by atoms with van der Waals surface area (Å²) in [6.45, 7) is 0.420. The van der Waals surface area contributed by atoms with Crippen molar-refractivity contribution >= 4 is 29.3 Å². The van der Waals surface area contributed by atoms with E-state index < -0.39 is 5.97 Å². The van der Waals surface area contributed by atoms with E-state index in [0.717, 1.165) is 5.56 Å². The van der Waals surface area contributed by atoms with Crippen LogP contribution >= 0.6 is 11.6 Å². The van der Waals surface area contributed by atoms with Crippen molar-refractivity contribution in [2.45, 2.75) is 6.54 Å². The van der Waals surface area contributed by atoms with Gasteiger partial charge in [0.2, 0.25) is 0 Å². The summed E-state index contributed by atoms with van der Waals surface area (Å²) < 4.78 is 4.71. The van der Waals surface area contributed by atoms with Gasteiger partial charge in [0.25, 0.3) is 0 Å². The molecular formula is C17H17ClN2O3. The van der Waals surface area contributed by atoms with Gasteiger partial charge in [-0.3, -0.25) is 0 Å². The Balaban J connectivity index is 2.06. The van der Waals surface area contributed by atoms with Crippen molar-refractivity contribution in [1.82, 2.24) is 4.90 Å². The molecule has 0 bridgehead atoms. The molecule has 0 atom stereocenters. The van der Waals surface area contributed by atoms with Crippen molar-refractivity contribution in [3.05, 3.63) is 64.7 Å². The van der Waals surface area contributed by atoms with Crippen LogP contribution in [0.25, 0.3) is 0 Å². The van der Waals surface area contributed by atoms with Crippen molar-refractivity contribution in [2.24, 2.45) is 0 Å². The summed E-state index contributed by atoms with van der Waals surface area (Å²) in [6.07, 6.45) is 0. The minimum atomic E-state index is -0.499. The number of methoxy groups -OCH3 is 1. The van der Waals surface area contributed by atoms with Gasteiger partial charge in [0.05, 0.1) is 18.4 Å². The summed E-state index contributed by atoms with van der Waals surface area (Å²) >= 11 is 5.84. The SMILES string of the molecule is COC(=O)c1ccccc1NC(=O)N(C)Cc1ccc(Cl)cc1. The molecule has 2 aromatic rings. The second-order valence-corrected chi connectivity index (χ2v) is 5.39. The van der Waals surface area contributed by atoms with Gasteiger partial charge in [0.1, 0.15) is 0 Å². The minimum Gasteiger partial charge on any atom is -0.465 e. The number of anilines is 1. The number of hydrogen-bond donors (Lipinski definition) is 1. The van der Waals surface area contributed by atoms with Crippen molar-refractivity contribution in [3.63, 3.8) is 0 Å². The van der Waals surface area contributed by atoms with Crippen LogP contribution < -0.4 is 5.32 Å². The van der Waals surface area contributed by atoms with E-state index in [1.54, 1.807) is 43.4 Å². The number of hydrogen-bond acceptors (Lipinski definition) is 3. The Morgan fingerprint density at radius 3 is 2.43 bits per heavy atom. The number of ether oxygens (including phenoxy) is 1. The average molecular weight is 333 g/mol. The summed E-state index contributed by atoms with van der Waals surface area (Å²) in [4.78, 5) is 25.5. The second kappa shape index (κ2) is 7.65. The Morgan fingerprint density at radius 1 is 1.13 bits per heavy atom. The van der Waals surface area contributed by atoms with Crippen molar-refractivity contribution in [1.29, 1.82) is 0 Å². The number of amides is 2. The summed E-state index contributed by atoms with van der Waals surface area (Å²) in [5.41, 5.74) is 1.67. The first kappa shape index (κ1) is 16.8. The first-order chi connectivity index (χ1) is 11.0. The lowest BCUT2D eigenvalue weighted by molar-refractivity contribution is 0.0602. The predicted molar refractivity (Wildman–Crippen MR) is 89.7 cm³/mol. The molecule has 0 spiro atoms. The zero-order chi connectivity index (χ0) is 16.8. The fraction of sp³-hybridized carbons (Fsp3) is 0.176. The lowest BCUT2D eigenvalue weighted by Crippen LogP contribution is -2.31. The van der Waals surface area contributed by atoms with E-state index in [1.807, 2.05) is 12.1 Å². The first-order valence-corrected chi connectivity index (χ1v) is 7.33. The van der Waals surface area contributed by atoms with Gasteiger partial charge in [-0.15, -0.1) is 0 Å². The van der Waals surface area contributed by atoms with E-state index in [0.29, 0.717) is 22.8 Å². The number of rotatable bonds is 4. The first-order valence-electron chi connectivity index (χ1n) is 6.95. The summed E-state index contributed by atoms with van der Waals surface area (Å²) in [5, 5.41) is 3.36. The topological polar surface area (TPSA) is 58.6 Å². The highest BCUT2D eigenvalue weighted by Crippen LogP contribution is 2.17. The van der Waals surface area contributed by atoms with Gasteiger partial charge in [-0.05, 0) is 29.8 Å². The molecule has 0 saturated heterocycles. The highest BCUT2D eigenvalue weighted by Gasteiger charge is 2.15. The molecule has 0 unspecified atom stereocenters. The normalized spacial score (nSPS) is 10.0. The smallest absolute Gasteiger partial charge is 0.339 e. The molecule has 1 N–H and O–H groups in total. The molecule has 0 radical (unpaired) electrons. The lowest BCUT2D eigenvalue weighted by atomic mass is 10.2. The monoisotopic (exact) mass is 332 g/mol. The van der Waals surface area contributed by atoms with E-state index in [1.165, 1.54) is 12.0 Å². The zero-order valence-electron chi connectivity index (χ0n) is 12.9. The molecule has 2 amide bonds. The van der Waals surface area contributed by atoms with Gasteiger partial charge in [-0.2, -0.15) is 0 Å². The molecule has 0 fully saturated rings. The Kier molecular flexibility index (Phi) is 5.60. The molecule has 120 valence electrons. The third-order valence-electron chi connectivity index (χ3n) is 3.25. The maximum Gasteiger partial charge on any atom is 0.339 e. The zero-order valence-corrected chi connectivity index (χ0v) is 13.6. The Bertz CT molecular complexity index is 701. The highest BCUT2D eigenvalue weighted by molar-refractivity contribution is 6.30. The predicted octanol–water partition coefficient (Wildman–Crippen LogP) is 3.79. The van der Waals surface area contributed by atoms with Crippen molar-refractivity contribution in [2.75, 3.05) is 19.5 Å². The number of carbonyl (C=O) groups excluding carboxylic acids is 2. The van der Waals surface area contributed by atoms with Gasteiger partial charge in [-0.25, -0.2) is 9.59 Å². The number of urea groups is 1. The van der Waals surface area contributed by atoms with Crippen molar-refractivity contribution < 1.29 is 14.3 Å². The fourth-order valence-electron chi connectivity index (χ4n) is 2.03. The van der Waals surface area contributed by atoms with Crippen LogP contribution in [0.5, 0.6) is 0 Å². The van der Waals surface area contributed by atoms with Crippen LogP contribution in [-0.2, 0) is 11.3 Å². The summed E-state index contributed by atoms with van der Waals surface area (Å²) in [6, 6.07) is 13.6. The minimum absolute atomic E-state index is 0.309. The van der Waals surface area contributed by atoms with Crippen LogP contribution in [0.3, 0.4) is 0 Å². The molecule has 6 heteroatoms. The third-order valence-corrected chi connectivity index (χ3v) is 3.51. The summed E-state index contributed by atoms with van der Waals surface area (Å²) in [5.74, 6) is -0.499. The van der Waals surface area contributed by atoms with Gasteiger partial charge >= 0.3 is 12.0 Å². The maximum absolute atomic E-state index is 12.3. The molecule has 0 aromatic heterocycles. The molecule has 5 nitrogen and oxygen atoms in total. The average Bonchev–Trinajstić information content (AvgIpc) is 2.56. The largest absolute Gasteiger partial charge is 0.465 e. The van der Waals surface area contributed by atoms with Crippen LogP contribution in [0.1, 0.15) is 15.9 Å². The van der Waals surface area contributed by atoms with Gasteiger partial charge in [0.15, 0.2) is 0 Å². The molecule has 0 aliphatic heterocycles.